The minimum atomic E-state index is 0.254. The number of piperidine rings is 1. The van der Waals surface area contributed by atoms with Crippen LogP contribution in [0.2, 0.25) is 0 Å². The molecule has 0 radical (unpaired) electrons. The van der Waals surface area contributed by atoms with Crippen molar-refractivity contribution in [3.8, 4) is 0 Å². The quantitative estimate of drug-likeness (QED) is 0.820. The van der Waals surface area contributed by atoms with Gasteiger partial charge in [-0.2, -0.15) is 0 Å². The minimum Gasteiger partial charge on any atom is -0.342 e. The molecular formula is C15H28N2O. The highest BCUT2D eigenvalue weighted by atomic mass is 16.2. The predicted molar refractivity (Wildman–Crippen MR) is 74.1 cm³/mol. The fourth-order valence-corrected chi connectivity index (χ4v) is 3.33. The van der Waals surface area contributed by atoms with Gasteiger partial charge in [-0.3, -0.25) is 4.79 Å². The van der Waals surface area contributed by atoms with Crippen molar-refractivity contribution in [2.75, 3.05) is 13.1 Å². The molecule has 0 spiro atoms. The van der Waals surface area contributed by atoms with Crippen LogP contribution in [0.5, 0.6) is 0 Å². The van der Waals surface area contributed by atoms with Gasteiger partial charge in [-0.25, -0.2) is 0 Å². The summed E-state index contributed by atoms with van der Waals surface area (Å²) in [5.41, 5.74) is 6.14. The summed E-state index contributed by atoms with van der Waals surface area (Å²) in [4.78, 5) is 14.4. The zero-order chi connectivity index (χ0) is 13.1. The van der Waals surface area contributed by atoms with E-state index in [9.17, 15) is 4.79 Å². The molecule has 3 heteroatoms. The van der Waals surface area contributed by atoms with E-state index in [2.05, 4.69) is 18.7 Å². The van der Waals surface area contributed by atoms with Crippen LogP contribution in [0.25, 0.3) is 0 Å². The Morgan fingerprint density at radius 2 is 1.89 bits per heavy atom. The van der Waals surface area contributed by atoms with Gasteiger partial charge < -0.3 is 10.6 Å². The highest BCUT2D eigenvalue weighted by Gasteiger charge is 2.29. The maximum absolute atomic E-state index is 12.3. The summed E-state index contributed by atoms with van der Waals surface area (Å²) in [6, 6.07) is 0.254. The van der Waals surface area contributed by atoms with Crippen molar-refractivity contribution in [3.63, 3.8) is 0 Å². The second kappa shape index (κ2) is 6.05. The molecular weight excluding hydrogens is 224 g/mol. The van der Waals surface area contributed by atoms with Crippen molar-refractivity contribution >= 4 is 5.91 Å². The average molecular weight is 252 g/mol. The fraction of sp³-hybridized carbons (Fsp3) is 0.933. The Bertz CT molecular complexity index is 292. The summed E-state index contributed by atoms with van der Waals surface area (Å²) >= 11 is 0. The lowest BCUT2D eigenvalue weighted by Crippen LogP contribution is -2.44. The Morgan fingerprint density at radius 3 is 2.56 bits per heavy atom. The molecule has 104 valence electrons. The largest absolute Gasteiger partial charge is 0.342 e. The third-order valence-corrected chi connectivity index (χ3v) is 5.09. The SMILES string of the molecule is CC1CCN(C(=O)CC2CCCCC2N)CC1C. The molecule has 1 heterocycles. The Morgan fingerprint density at radius 1 is 1.17 bits per heavy atom. The van der Waals surface area contributed by atoms with Crippen LogP contribution in [0.15, 0.2) is 0 Å². The van der Waals surface area contributed by atoms with Crippen molar-refractivity contribution in [2.45, 2.75) is 58.4 Å². The maximum Gasteiger partial charge on any atom is 0.222 e. The Labute approximate surface area is 111 Å². The molecule has 18 heavy (non-hydrogen) atoms. The van der Waals surface area contributed by atoms with Crippen LogP contribution in [0.1, 0.15) is 52.4 Å². The summed E-state index contributed by atoms with van der Waals surface area (Å²) in [5.74, 6) is 2.17. The average Bonchev–Trinajstić information content (AvgIpc) is 2.35. The normalized spacial score (nSPS) is 37.6. The van der Waals surface area contributed by atoms with E-state index < -0.39 is 0 Å². The summed E-state index contributed by atoms with van der Waals surface area (Å²) in [5, 5.41) is 0. The van der Waals surface area contributed by atoms with Gasteiger partial charge in [0.25, 0.3) is 0 Å². The van der Waals surface area contributed by atoms with Crippen LogP contribution in [-0.4, -0.2) is 29.9 Å². The summed E-state index contributed by atoms with van der Waals surface area (Å²) in [7, 11) is 0. The highest BCUT2D eigenvalue weighted by Crippen LogP contribution is 2.28. The van der Waals surface area contributed by atoms with Crippen molar-refractivity contribution in [2.24, 2.45) is 23.5 Å². The maximum atomic E-state index is 12.3. The molecule has 2 rings (SSSR count). The van der Waals surface area contributed by atoms with E-state index >= 15 is 0 Å². The highest BCUT2D eigenvalue weighted by molar-refractivity contribution is 5.76. The van der Waals surface area contributed by atoms with Gasteiger partial charge >= 0.3 is 0 Å². The van der Waals surface area contributed by atoms with Gasteiger partial charge in [0.05, 0.1) is 0 Å². The Kier molecular flexibility index (Phi) is 4.66. The van der Waals surface area contributed by atoms with Crippen molar-refractivity contribution in [1.82, 2.24) is 4.90 Å². The molecule has 0 bridgehead atoms. The lowest BCUT2D eigenvalue weighted by molar-refractivity contribution is -0.135. The molecule has 2 fully saturated rings. The van der Waals surface area contributed by atoms with E-state index in [1.165, 1.54) is 12.8 Å². The molecule has 1 aliphatic carbocycles. The summed E-state index contributed by atoms with van der Waals surface area (Å²) in [6.07, 6.45) is 6.58. The molecule has 1 saturated heterocycles. The van der Waals surface area contributed by atoms with Gasteiger partial charge in [0.15, 0.2) is 0 Å². The first kappa shape index (κ1) is 13.9. The van der Waals surface area contributed by atoms with E-state index in [-0.39, 0.29) is 6.04 Å². The zero-order valence-electron chi connectivity index (χ0n) is 11.9. The van der Waals surface area contributed by atoms with Gasteiger partial charge in [0.2, 0.25) is 5.91 Å². The molecule has 4 unspecified atom stereocenters. The second-order valence-electron chi connectivity index (χ2n) is 6.50. The van der Waals surface area contributed by atoms with Crippen LogP contribution < -0.4 is 5.73 Å². The predicted octanol–water partition coefficient (Wildman–Crippen LogP) is 2.40. The van der Waals surface area contributed by atoms with Gasteiger partial charge in [-0.1, -0.05) is 26.7 Å². The topological polar surface area (TPSA) is 46.3 Å². The van der Waals surface area contributed by atoms with Gasteiger partial charge in [-0.05, 0) is 37.0 Å². The third-order valence-electron chi connectivity index (χ3n) is 5.09. The smallest absolute Gasteiger partial charge is 0.222 e. The lowest BCUT2D eigenvalue weighted by atomic mass is 9.82. The third kappa shape index (κ3) is 3.25. The number of nitrogens with two attached hydrogens (primary N) is 1. The molecule has 1 saturated carbocycles. The van der Waals surface area contributed by atoms with E-state index in [1.807, 2.05) is 0 Å². The second-order valence-corrected chi connectivity index (χ2v) is 6.50. The van der Waals surface area contributed by atoms with E-state index in [0.29, 0.717) is 24.2 Å². The summed E-state index contributed by atoms with van der Waals surface area (Å²) in [6.45, 7) is 6.45. The standard InChI is InChI=1S/C15H28N2O/c1-11-7-8-17(10-12(11)2)15(18)9-13-5-3-4-6-14(13)16/h11-14H,3-10,16H2,1-2H3. The Balaban J connectivity index is 1.84. The zero-order valence-corrected chi connectivity index (χ0v) is 11.9. The number of carbonyl (C=O) groups excluding carboxylic acids is 1. The van der Waals surface area contributed by atoms with Crippen LogP contribution in [0.3, 0.4) is 0 Å². The molecule has 1 aliphatic heterocycles. The van der Waals surface area contributed by atoms with Gasteiger partial charge in [-0.15, -0.1) is 0 Å². The molecule has 3 nitrogen and oxygen atoms in total. The number of hydrogen-bond acceptors (Lipinski definition) is 2. The number of likely N-dealkylation sites (tertiary alicyclic amines) is 1. The first-order valence-corrected chi connectivity index (χ1v) is 7.61. The Hall–Kier alpha value is -0.570. The van der Waals surface area contributed by atoms with E-state index in [1.54, 1.807) is 0 Å². The molecule has 4 atom stereocenters. The van der Waals surface area contributed by atoms with Crippen molar-refractivity contribution < 1.29 is 4.79 Å². The molecule has 0 aromatic carbocycles. The van der Waals surface area contributed by atoms with E-state index in [0.717, 1.165) is 38.3 Å². The fourth-order valence-electron chi connectivity index (χ4n) is 3.33. The van der Waals surface area contributed by atoms with Crippen LogP contribution in [-0.2, 0) is 4.79 Å². The van der Waals surface area contributed by atoms with E-state index in [4.69, 9.17) is 5.73 Å². The number of rotatable bonds is 2. The molecule has 1 amide bonds. The molecule has 2 N–H and O–H groups in total. The first-order chi connectivity index (χ1) is 8.58. The minimum absolute atomic E-state index is 0.254. The number of hydrogen-bond donors (Lipinski definition) is 1. The number of nitrogens with zero attached hydrogens (tertiary/aromatic N) is 1. The van der Waals surface area contributed by atoms with Crippen molar-refractivity contribution in [3.05, 3.63) is 0 Å². The van der Waals surface area contributed by atoms with Gasteiger partial charge in [0, 0.05) is 25.6 Å². The monoisotopic (exact) mass is 252 g/mol. The van der Waals surface area contributed by atoms with Crippen LogP contribution >= 0.6 is 0 Å². The van der Waals surface area contributed by atoms with Crippen molar-refractivity contribution in [1.29, 1.82) is 0 Å². The van der Waals surface area contributed by atoms with Crippen LogP contribution in [0.4, 0.5) is 0 Å². The number of carbonyl (C=O) groups is 1. The molecule has 0 aromatic rings. The summed E-state index contributed by atoms with van der Waals surface area (Å²) < 4.78 is 0. The molecule has 2 aliphatic rings. The number of amides is 1. The van der Waals surface area contributed by atoms with Gasteiger partial charge in [0.1, 0.15) is 0 Å². The first-order valence-electron chi connectivity index (χ1n) is 7.61. The lowest BCUT2D eigenvalue weighted by Gasteiger charge is -2.37. The van der Waals surface area contributed by atoms with Crippen LogP contribution in [0, 0.1) is 17.8 Å². The molecule has 0 aromatic heterocycles.